The Balaban J connectivity index is 1.63. The first-order valence-corrected chi connectivity index (χ1v) is 16.8. The summed E-state index contributed by atoms with van der Waals surface area (Å²) >= 11 is 8.32. The van der Waals surface area contributed by atoms with E-state index in [0.717, 1.165) is 10.0 Å². The van der Waals surface area contributed by atoms with Crippen LogP contribution < -0.4 is 29.1 Å². The van der Waals surface area contributed by atoms with E-state index in [4.69, 9.17) is 18.9 Å². The second kappa shape index (κ2) is 14.7. The molecule has 0 saturated heterocycles. The summed E-state index contributed by atoms with van der Waals surface area (Å²) in [5.41, 5.74) is 2.22. The number of fused-ring (bicyclic) bond motifs is 1. The fourth-order valence-electron chi connectivity index (χ4n) is 5.05. The molecule has 0 radical (unpaired) electrons. The summed E-state index contributed by atoms with van der Waals surface area (Å²) in [6.45, 7) is 6.01. The number of esters is 1. The van der Waals surface area contributed by atoms with Gasteiger partial charge in [-0.25, -0.2) is 9.79 Å². The molecule has 0 aliphatic carbocycles. The lowest BCUT2D eigenvalue weighted by molar-refractivity contribution is -0.384. The molecule has 4 aromatic rings. The van der Waals surface area contributed by atoms with Gasteiger partial charge in [-0.2, -0.15) is 0 Å². The van der Waals surface area contributed by atoms with Crippen LogP contribution in [0.2, 0.25) is 0 Å². The lowest BCUT2D eigenvalue weighted by Crippen LogP contribution is -2.40. The number of aromatic nitrogens is 1. The largest absolute Gasteiger partial charge is 0.493 e. The van der Waals surface area contributed by atoms with E-state index in [1.165, 1.54) is 35.1 Å². The van der Waals surface area contributed by atoms with Crippen LogP contribution in [-0.2, 0) is 16.1 Å². The quantitative estimate of drug-likeness (QED) is 0.0996. The fraction of sp³-hybridized carbons (Fsp3) is 0.242. The van der Waals surface area contributed by atoms with Crippen LogP contribution in [0.1, 0.15) is 43.5 Å². The van der Waals surface area contributed by atoms with E-state index in [1.807, 2.05) is 19.1 Å². The summed E-state index contributed by atoms with van der Waals surface area (Å²) in [4.78, 5) is 43.3. The number of nitro benzene ring substituents is 1. The number of hydrogen-bond acceptors (Lipinski definition) is 10. The van der Waals surface area contributed by atoms with Crippen molar-refractivity contribution in [3.05, 3.63) is 121 Å². The summed E-state index contributed by atoms with van der Waals surface area (Å²) in [6, 6.07) is 14.1. The zero-order valence-corrected chi connectivity index (χ0v) is 29.7. The molecule has 0 saturated carbocycles. The van der Waals surface area contributed by atoms with Crippen molar-refractivity contribution in [2.24, 2.45) is 4.99 Å². The number of non-ortho nitro benzene ring substituents is 1. The number of methoxy groups -OCH3 is 1. The molecular formula is C33H29Br2N3O8S. The average molecular weight is 787 g/mol. The number of nitrogens with zero attached hydrogens (tertiary/aromatic N) is 3. The molecule has 0 bridgehead atoms. The van der Waals surface area contributed by atoms with E-state index in [-0.39, 0.29) is 30.0 Å². The van der Waals surface area contributed by atoms with Crippen molar-refractivity contribution in [2.45, 2.75) is 33.4 Å². The standard InChI is InChI=1S/C33H29Br2N3O8S/c1-5-44-27-16-24(35)23(15-26(27)43-4)30-29(32(40)45-6-2)18(3)36-33-37(30)31(39)28(47-33)14-20-13-21(34)9-12-25(20)46-17-19-7-10-22(11-8-19)38(41)42/h7-16,30H,5-6,17H2,1-4H3/b28-14+/t30-/m1/s1. The Kier molecular flexibility index (Phi) is 10.6. The molecule has 0 spiro atoms. The summed E-state index contributed by atoms with van der Waals surface area (Å²) in [6.07, 6.45) is 1.72. The third-order valence-corrected chi connectivity index (χ3v) is 9.36. The highest BCUT2D eigenvalue weighted by atomic mass is 79.9. The van der Waals surface area contributed by atoms with E-state index < -0.39 is 16.9 Å². The van der Waals surface area contributed by atoms with Gasteiger partial charge in [-0.05, 0) is 80.4 Å². The lowest BCUT2D eigenvalue weighted by atomic mass is 9.95. The Hall–Kier alpha value is -4.27. The predicted octanol–water partition coefficient (Wildman–Crippen LogP) is 6.22. The third-order valence-electron chi connectivity index (χ3n) is 7.19. The molecule has 1 aromatic heterocycles. The zero-order chi connectivity index (χ0) is 33.8. The van der Waals surface area contributed by atoms with Crippen molar-refractivity contribution >= 4 is 60.9 Å². The zero-order valence-electron chi connectivity index (χ0n) is 25.7. The Morgan fingerprint density at radius 3 is 2.45 bits per heavy atom. The lowest BCUT2D eigenvalue weighted by Gasteiger charge is -2.26. The SMILES string of the molecule is CCOC(=O)C1=C(C)N=c2s/c(=C/c3cc(Br)ccc3OCc3ccc([N+](=O)[O-])cc3)c(=O)n2[C@@H]1c1cc(OC)c(OCC)cc1Br. The maximum absolute atomic E-state index is 14.3. The molecule has 5 rings (SSSR count). The smallest absolute Gasteiger partial charge is 0.338 e. The normalized spacial score (nSPS) is 14.3. The van der Waals surface area contributed by atoms with E-state index in [1.54, 1.807) is 50.3 Å². The molecule has 244 valence electrons. The van der Waals surface area contributed by atoms with E-state index in [0.29, 0.717) is 54.5 Å². The fourth-order valence-corrected chi connectivity index (χ4v) is 7.01. The van der Waals surface area contributed by atoms with Gasteiger partial charge in [0.05, 0.1) is 47.1 Å². The number of hydrogen-bond donors (Lipinski definition) is 0. The van der Waals surface area contributed by atoms with Gasteiger partial charge in [0.2, 0.25) is 0 Å². The van der Waals surface area contributed by atoms with Crippen molar-refractivity contribution in [3.8, 4) is 17.2 Å². The van der Waals surface area contributed by atoms with Gasteiger partial charge in [0.25, 0.3) is 11.2 Å². The minimum absolute atomic E-state index is 0.0104. The highest BCUT2D eigenvalue weighted by molar-refractivity contribution is 9.10. The number of allylic oxidation sites excluding steroid dienone is 1. The average Bonchev–Trinajstić information content (AvgIpc) is 3.34. The Morgan fingerprint density at radius 2 is 1.79 bits per heavy atom. The molecule has 1 atom stereocenters. The molecule has 0 amide bonds. The highest BCUT2D eigenvalue weighted by Gasteiger charge is 2.35. The van der Waals surface area contributed by atoms with Gasteiger partial charge in [-0.3, -0.25) is 19.5 Å². The van der Waals surface area contributed by atoms with Crippen molar-refractivity contribution in [3.63, 3.8) is 0 Å². The second-order valence-corrected chi connectivity index (χ2v) is 12.9. The number of benzene rings is 3. The van der Waals surface area contributed by atoms with Crippen LogP contribution in [0.25, 0.3) is 6.08 Å². The van der Waals surface area contributed by atoms with E-state index >= 15 is 0 Å². The summed E-state index contributed by atoms with van der Waals surface area (Å²) in [5.74, 6) is 0.861. The Morgan fingerprint density at radius 1 is 1.04 bits per heavy atom. The van der Waals surface area contributed by atoms with Gasteiger partial charge >= 0.3 is 5.97 Å². The molecule has 0 fully saturated rings. The number of rotatable bonds is 11. The van der Waals surface area contributed by atoms with Gasteiger partial charge in [-0.1, -0.05) is 43.2 Å². The first kappa shape index (κ1) is 34.1. The summed E-state index contributed by atoms with van der Waals surface area (Å²) in [7, 11) is 1.52. The minimum Gasteiger partial charge on any atom is -0.493 e. The number of ether oxygens (including phenoxy) is 4. The first-order valence-electron chi connectivity index (χ1n) is 14.4. The molecule has 3 aromatic carbocycles. The van der Waals surface area contributed by atoms with Crippen LogP contribution in [0.4, 0.5) is 5.69 Å². The van der Waals surface area contributed by atoms with Gasteiger partial charge in [-0.15, -0.1) is 0 Å². The van der Waals surface area contributed by atoms with Gasteiger partial charge < -0.3 is 18.9 Å². The minimum atomic E-state index is -0.883. The van der Waals surface area contributed by atoms with E-state index in [2.05, 4.69) is 36.9 Å². The molecule has 0 unspecified atom stereocenters. The molecule has 2 heterocycles. The van der Waals surface area contributed by atoms with Crippen molar-refractivity contribution in [1.82, 2.24) is 4.57 Å². The molecule has 11 nitrogen and oxygen atoms in total. The van der Waals surface area contributed by atoms with E-state index in [9.17, 15) is 19.7 Å². The van der Waals surface area contributed by atoms with Crippen LogP contribution in [0.3, 0.4) is 0 Å². The molecule has 1 aliphatic heterocycles. The monoisotopic (exact) mass is 785 g/mol. The topological polar surface area (TPSA) is 131 Å². The maximum atomic E-state index is 14.3. The van der Waals surface area contributed by atoms with Gasteiger partial charge in [0.15, 0.2) is 16.3 Å². The molecule has 47 heavy (non-hydrogen) atoms. The number of nitro groups is 1. The van der Waals surface area contributed by atoms with Crippen molar-refractivity contribution in [2.75, 3.05) is 20.3 Å². The van der Waals surface area contributed by atoms with Gasteiger partial charge in [0, 0.05) is 26.6 Å². The second-order valence-electron chi connectivity index (χ2n) is 10.2. The van der Waals surface area contributed by atoms with Crippen LogP contribution >= 0.6 is 43.2 Å². The van der Waals surface area contributed by atoms with Crippen molar-refractivity contribution in [1.29, 1.82) is 0 Å². The van der Waals surface area contributed by atoms with Crippen molar-refractivity contribution < 1.29 is 28.7 Å². The molecular weight excluding hydrogens is 758 g/mol. The molecule has 14 heteroatoms. The predicted molar refractivity (Wildman–Crippen MR) is 184 cm³/mol. The first-order chi connectivity index (χ1) is 22.6. The maximum Gasteiger partial charge on any atom is 0.338 e. The number of thiazole rings is 1. The Bertz CT molecular complexity index is 2070. The highest BCUT2D eigenvalue weighted by Crippen LogP contribution is 2.41. The summed E-state index contributed by atoms with van der Waals surface area (Å²) in [5, 5.41) is 11.0. The van der Waals surface area contributed by atoms with Crippen LogP contribution in [-0.4, -0.2) is 35.8 Å². The number of carbonyl (C=O) groups excluding carboxylic acids is 1. The summed E-state index contributed by atoms with van der Waals surface area (Å²) < 4.78 is 26.1. The molecule has 0 N–H and O–H groups in total. The third kappa shape index (κ3) is 7.19. The van der Waals surface area contributed by atoms with Crippen LogP contribution in [0.15, 0.2) is 84.6 Å². The van der Waals surface area contributed by atoms with Crippen LogP contribution in [0.5, 0.6) is 17.2 Å². The molecule has 1 aliphatic rings. The van der Waals surface area contributed by atoms with Crippen LogP contribution in [0, 0.1) is 10.1 Å². The number of halogens is 2. The number of carbonyl (C=O) groups is 1. The van der Waals surface area contributed by atoms with Gasteiger partial charge in [0.1, 0.15) is 12.4 Å². The Labute approximate surface area is 290 Å².